The number of nitro benzene ring substituents is 1. The summed E-state index contributed by atoms with van der Waals surface area (Å²) in [5, 5.41) is 13.7. The Morgan fingerprint density at radius 1 is 1.67 bits per heavy atom. The lowest BCUT2D eigenvalue weighted by Crippen LogP contribution is -2.01. The van der Waals surface area contributed by atoms with E-state index >= 15 is 0 Å². The highest BCUT2D eigenvalue weighted by Gasteiger charge is 2.10. The molecule has 80 valence electrons. The minimum Gasteiger partial charge on any atom is -0.380 e. The molecule has 4 nitrogen and oxygen atoms in total. The van der Waals surface area contributed by atoms with E-state index in [-0.39, 0.29) is 10.6 Å². The average Bonchev–Trinajstić information content (AvgIpc) is 2.16. The molecule has 0 spiro atoms. The molecule has 1 aromatic carbocycles. The van der Waals surface area contributed by atoms with E-state index in [9.17, 15) is 10.1 Å². The molecule has 1 rings (SSSR count). The van der Waals surface area contributed by atoms with Gasteiger partial charge in [0.2, 0.25) is 0 Å². The van der Waals surface area contributed by atoms with E-state index < -0.39 is 0 Å². The van der Waals surface area contributed by atoms with Crippen LogP contribution in [0.3, 0.4) is 0 Å². The Morgan fingerprint density at radius 3 is 2.87 bits per heavy atom. The summed E-state index contributed by atoms with van der Waals surface area (Å²) in [6.45, 7) is 5.92. The van der Waals surface area contributed by atoms with Crippen molar-refractivity contribution in [3.63, 3.8) is 0 Å². The summed E-state index contributed by atoms with van der Waals surface area (Å²) < 4.78 is 0.797. The van der Waals surface area contributed by atoms with Crippen molar-refractivity contribution in [1.82, 2.24) is 0 Å². The maximum Gasteiger partial charge on any atom is 0.274 e. The third kappa shape index (κ3) is 3.36. The van der Waals surface area contributed by atoms with Gasteiger partial charge in [0.25, 0.3) is 5.69 Å². The molecule has 5 heteroatoms. The van der Waals surface area contributed by atoms with E-state index in [2.05, 4.69) is 27.8 Å². The molecule has 0 unspecified atom stereocenters. The first kappa shape index (κ1) is 11.7. The van der Waals surface area contributed by atoms with Crippen LogP contribution in [0.15, 0.2) is 29.3 Å². The monoisotopic (exact) mass is 270 g/mol. The van der Waals surface area contributed by atoms with E-state index in [1.807, 2.05) is 0 Å². The van der Waals surface area contributed by atoms with Gasteiger partial charge < -0.3 is 5.32 Å². The smallest absolute Gasteiger partial charge is 0.274 e. The predicted octanol–water partition coefficient (Wildman–Crippen LogP) is 3.22. The van der Waals surface area contributed by atoms with Crippen LogP contribution in [0.2, 0.25) is 0 Å². The number of nitrogens with one attached hydrogen (secondary N) is 1. The SMILES string of the molecule is C=C(Br)CNc1ccc(C)c([N+](=O)[O-])c1. The highest BCUT2D eigenvalue weighted by molar-refractivity contribution is 9.11. The van der Waals surface area contributed by atoms with Crippen molar-refractivity contribution >= 4 is 27.3 Å². The molecule has 0 fully saturated rings. The fourth-order valence-electron chi connectivity index (χ4n) is 1.11. The molecule has 1 aromatic rings. The molecule has 0 saturated heterocycles. The van der Waals surface area contributed by atoms with Gasteiger partial charge in [0.15, 0.2) is 0 Å². The molecule has 1 N–H and O–H groups in total. The van der Waals surface area contributed by atoms with Crippen LogP contribution in [0.5, 0.6) is 0 Å². The Kier molecular flexibility index (Phi) is 3.85. The second-order valence-corrected chi connectivity index (χ2v) is 4.25. The Morgan fingerprint density at radius 2 is 2.33 bits per heavy atom. The van der Waals surface area contributed by atoms with Gasteiger partial charge in [-0.15, -0.1) is 0 Å². The predicted molar refractivity (Wildman–Crippen MR) is 64.4 cm³/mol. The minimum atomic E-state index is -0.385. The van der Waals surface area contributed by atoms with Gasteiger partial charge >= 0.3 is 0 Å². The summed E-state index contributed by atoms with van der Waals surface area (Å²) in [6.07, 6.45) is 0. The third-order valence-corrected chi connectivity index (χ3v) is 2.17. The molecular weight excluding hydrogens is 260 g/mol. The van der Waals surface area contributed by atoms with Crippen LogP contribution in [0.4, 0.5) is 11.4 Å². The number of aryl methyl sites for hydroxylation is 1. The molecule has 0 aliphatic heterocycles. The number of halogens is 1. The fraction of sp³-hybridized carbons (Fsp3) is 0.200. The number of nitrogens with zero attached hydrogens (tertiary/aromatic N) is 1. The Labute approximate surface area is 96.3 Å². The van der Waals surface area contributed by atoms with Crippen LogP contribution in [-0.2, 0) is 0 Å². The van der Waals surface area contributed by atoms with Crippen LogP contribution < -0.4 is 5.32 Å². The maximum atomic E-state index is 10.7. The Bertz CT molecular complexity index is 404. The lowest BCUT2D eigenvalue weighted by Gasteiger charge is -2.05. The first-order valence-electron chi connectivity index (χ1n) is 4.33. The quantitative estimate of drug-likeness (QED) is 0.675. The number of hydrogen-bond donors (Lipinski definition) is 1. The van der Waals surface area contributed by atoms with Gasteiger partial charge in [-0.2, -0.15) is 0 Å². The largest absolute Gasteiger partial charge is 0.380 e. The fourth-order valence-corrected chi connectivity index (χ4v) is 1.25. The minimum absolute atomic E-state index is 0.125. The molecule has 0 aliphatic rings. The summed E-state index contributed by atoms with van der Waals surface area (Å²) in [6, 6.07) is 5.04. The van der Waals surface area contributed by atoms with E-state index in [1.165, 1.54) is 6.07 Å². The van der Waals surface area contributed by atoms with Gasteiger partial charge in [-0.1, -0.05) is 28.6 Å². The lowest BCUT2D eigenvalue weighted by molar-refractivity contribution is -0.385. The molecular formula is C10H11BrN2O2. The topological polar surface area (TPSA) is 55.2 Å². The van der Waals surface area contributed by atoms with E-state index in [4.69, 9.17) is 0 Å². The van der Waals surface area contributed by atoms with Crippen molar-refractivity contribution < 1.29 is 4.92 Å². The highest BCUT2D eigenvalue weighted by atomic mass is 79.9. The van der Waals surface area contributed by atoms with Gasteiger partial charge in [-0.05, 0) is 13.0 Å². The summed E-state index contributed by atoms with van der Waals surface area (Å²) in [4.78, 5) is 10.3. The third-order valence-electron chi connectivity index (χ3n) is 1.89. The molecule has 15 heavy (non-hydrogen) atoms. The summed E-state index contributed by atoms with van der Waals surface area (Å²) in [5.41, 5.74) is 1.50. The zero-order chi connectivity index (χ0) is 11.4. The number of rotatable bonds is 4. The van der Waals surface area contributed by atoms with Crippen LogP contribution in [0, 0.1) is 17.0 Å². The van der Waals surface area contributed by atoms with Gasteiger partial charge in [-0.3, -0.25) is 10.1 Å². The van der Waals surface area contributed by atoms with Crippen molar-refractivity contribution in [2.24, 2.45) is 0 Å². The van der Waals surface area contributed by atoms with Gasteiger partial charge in [-0.25, -0.2) is 0 Å². The number of hydrogen-bond acceptors (Lipinski definition) is 3. The summed E-state index contributed by atoms with van der Waals surface area (Å²) in [5.74, 6) is 0. The van der Waals surface area contributed by atoms with E-state index in [1.54, 1.807) is 19.1 Å². The van der Waals surface area contributed by atoms with Crippen LogP contribution in [0.25, 0.3) is 0 Å². The van der Waals surface area contributed by atoms with E-state index in [0.29, 0.717) is 17.8 Å². The van der Waals surface area contributed by atoms with Crippen LogP contribution >= 0.6 is 15.9 Å². The Hall–Kier alpha value is -1.36. The molecule has 0 aliphatic carbocycles. The summed E-state index contributed by atoms with van der Waals surface area (Å²) >= 11 is 3.20. The molecule has 0 radical (unpaired) electrons. The zero-order valence-corrected chi connectivity index (χ0v) is 9.87. The van der Waals surface area contributed by atoms with Crippen molar-refractivity contribution in [2.75, 3.05) is 11.9 Å². The molecule has 0 heterocycles. The number of anilines is 1. The van der Waals surface area contributed by atoms with Crippen LogP contribution in [-0.4, -0.2) is 11.5 Å². The first-order chi connectivity index (χ1) is 7.00. The second-order valence-electron chi connectivity index (χ2n) is 3.13. The zero-order valence-electron chi connectivity index (χ0n) is 8.29. The van der Waals surface area contributed by atoms with Gasteiger partial charge in [0.1, 0.15) is 0 Å². The van der Waals surface area contributed by atoms with E-state index in [0.717, 1.165) is 4.48 Å². The number of nitro groups is 1. The first-order valence-corrected chi connectivity index (χ1v) is 5.12. The maximum absolute atomic E-state index is 10.7. The number of benzene rings is 1. The van der Waals surface area contributed by atoms with Crippen molar-refractivity contribution in [3.05, 3.63) is 44.9 Å². The summed E-state index contributed by atoms with van der Waals surface area (Å²) in [7, 11) is 0. The standard InChI is InChI=1S/C10H11BrN2O2/c1-7-3-4-9(12-6-8(2)11)5-10(7)13(14)15/h3-5,12H,2,6H2,1H3. The molecule has 0 amide bonds. The second kappa shape index (κ2) is 4.93. The average molecular weight is 271 g/mol. The highest BCUT2D eigenvalue weighted by Crippen LogP contribution is 2.22. The van der Waals surface area contributed by atoms with Crippen molar-refractivity contribution in [3.8, 4) is 0 Å². The molecule has 0 atom stereocenters. The van der Waals surface area contributed by atoms with Gasteiger partial charge in [0, 0.05) is 28.3 Å². The molecule has 0 saturated carbocycles. The lowest BCUT2D eigenvalue weighted by atomic mass is 10.2. The van der Waals surface area contributed by atoms with Crippen molar-refractivity contribution in [1.29, 1.82) is 0 Å². The molecule has 0 bridgehead atoms. The Balaban J connectivity index is 2.87. The normalized spacial score (nSPS) is 9.73. The van der Waals surface area contributed by atoms with Crippen LogP contribution in [0.1, 0.15) is 5.56 Å². The molecule has 0 aromatic heterocycles. The van der Waals surface area contributed by atoms with Crippen molar-refractivity contribution in [2.45, 2.75) is 6.92 Å². The van der Waals surface area contributed by atoms with Gasteiger partial charge in [0.05, 0.1) is 4.92 Å².